The van der Waals surface area contributed by atoms with Gasteiger partial charge in [-0.25, -0.2) is 4.39 Å². The number of halogens is 1. The Balaban J connectivity index is 2.33. The summed E-state index contributed by atoms with van der Waals surface area (Å²) in [5, 5.41) is 9.07. The van der Waals surface area contributed by atoms with Gasteiger partial charge in [0.25, 0.3) is 0 Å². The summed E-state index contributed by atoms with van der Waals surface area (Å²) < 4.78 is 16.9. The van der Waals surface area contributed by atoms with Crippen LogP contribution in [-0.4, -0.2) is 21.1 Å². The fraction of sp³-hybridized carbons (Fsp3) is 0.300. The molecule has 2 heterocycles. The number of nitrogens with one attached hydrogen (secondary N) is 1. The molecule has 16 heavy (non-hydrogen) atoms. The fourth-order valence-electron chi connectivity index (χ4n) is 1.48. The van der Waals surface area contributed by atoms with E-state index in [2.05, 4.69) is 19.9 Å². The van der Waals surface area contributed by atoms with Crippen LogP contribution in [0.5, 0.6) is 0 Å². The van der Waals surface area contributed by atoms with Crippen molar-refractivity contribution in [2.75, 3.05) is 6.54 Å². The summed E-state index contributed by atoms with van der Waals surface area (Å²) >= 11 is 1.28. The van der Waals surface area contributed by atoms with E-state index in [1.807, 2.05) is 12.3 Å². The third kappa shape index (κ3) is 2.40. The van der Waals surface area contributed by atoms with E-state index in [9.17, 15) is 4.39 Å². The molecule has 0 aliphatic heterocycles. The number of rotatable bonds is 4. The van der Waals surface area contributed by atoms with Crippen molar-refractivity contribution in [1.82, 2.24) is 19.9 Å². The molecule has 0 radical (unpaired) electrons. The van der Waals surface area contributed by atoms with Gasteiger partial charge in [-0.15, -0.1) is 5.10 Å². The lowest BCUT2D eigenvalue weighted by Gasteiger charge is -2.14. The highest BCUT2D eigenvalue weighted by Crippen LogP contribution is 2.20. The van der Waals surface area contributed by atoms with E-state index in [4.69, 9.17) is 0 Å². The first-order valence-corrected chi connectivity index (χ1v) is 5.75. The minimum absolute atomic E-state index is 0.146. The van der Waals surface area contributed by atoms with Crippen molar-refractivity contribution in [3.8, 4) is 0 Å². The molecular formula is C10H11FN4S. The summed E-state index contributed by atoms with van der Waals surface area (Å²) in [5.74, 6) is -0.344. The van der Waals surface area contributed by atoms with Crippen LogP contribution in [-0.2, 0) is 0 Å². The van der Waals surface area contributed by atoms with Gasteiger partial charge < -0.3 is 5.32 Å². The number of pyridine rings is 1. The van der Waals surface area contributed by atoms with Gasteiger partial charge in [0.2, 0.25) is 0 Å². The molecule has 0 amide bonds. The zero-order chi connectivity index (χ0) is 11.4. The summed E-state index contributed by atoms with van der Waals surface area (Å²) in [6.07, 6.45) is 2.82. The maximum absolute atomic E-state index is 13.1. The van der Waals surface area contributed by atoms with E-state index in [-0.39, 0.29) is 11.9 Å². The topological polar surface area (TPSA) is 50.7 Å². The molecule has 2 aromatic heterocycles. The van der Waals surface area contributed by atoms with Crippen molar-refractivity contribution in [2.24, 2.45) is 0 Å². The molecule has 0 aliphatic rings. The molecule has 0 saturated carbocycles. The van der Waals surface area contributed by atoms with E-state index < -0.39 is 0 Å². The van der Waals surface area contributed by atoms with Crippen LogP contribution in [0.25, 0.3) is 0 Å². The fourth-order valence-corrected chi connectivity index (χ4v) is 1.96. The van der Waals surface area contributed by atoms with Crippen LogP contribution in [0.15, 0.2) is 23.8 Å². The third-order valence-corrected chi connectivity index (χ3v) is 2.66. The van der Waals surface area contributed by atoms with Crippen LogP contribution in [0.4, 0.5) is 4.39 Å². The Hall–Kier alpha value is -1.40. The molecule has 0 bridgehead atoms. The Kier molecular flexibility index (Phi) is 3.53. The number of hydrogen-bond acceptors (Lipinski definition) is 5. The van der Waals surface area contributed by atoms with Crippen LogP contribution in [0.2, 0.25) is 0 Å². The zero-order valence-electron chi connectivity index (χ0n) is 8.72. The molecule has 0 aromatic carbocycles. The van der Waals surface area contributed by atoms with Crippen molar-refractivity contribution in [3.05, 3.63) is 40.9 Å². The van der Waals surface area contributed by atoms with E-state index in [0.29, 0.717) is 0 Å². The molecular weight excluding hydrogens is 227 g/mol. The van der Waals surface area contributed by atoms with Gasteiger partial charge in [0, 0.05) is 11.6 Å². The molecule has 0 fully saturated rings. The zero-order valence-corrected chi connectivity index (χ0v) is 9.54. The largest absolute Gasteiger partial charge is 0.305 e. The standard InChI is InChI=1S/C10H11FN4S/c1-2-13-10(9-6-16-15-14-9)7-3-8(11)5-12-4-7/h3-6,10,13H,2H2,1H3. The van der Waals surface area contributed by atoms with Crippen LogP contribution in [0.3, 0.4) is 0 Å². The average Bonchev–Trinajstić information content (AvgIpc) is 2.79. The van der Waals surface area contributed by atoms with Gasteiger partial charge in [-0.2, -0.15) is 0 Å². The second-order valence-electron chi connectivity index (χ2n) is 3.26. The van der Waals surface area contributed by atoms with Crippen molar-refractivity contribution in [1.29, 1.82) is 0 Å². The third-order valence-electron chi connectivity index (χ3n) is 2.14. The molecule has 1 unspecified atom stereocenters. The Morgan fingerprint density at radius 2 is 2.38 bits per heavy atom. The van der Waals surface area contributed by atoms with E-state index in [1.165, 1.54) is 23.8 Å². The molecule has 0 aliphatic carbocycles. The minimum atomic E-state index is -0.344. The first kappa shape index (κ1) is 11.1. The lowest BCUT2D eigenvalue weighted by Crippen LogP contribution is -2.22. The van der Waals surface area contributed by atoms with Gasteiger partial charge in [0.15, 0.2) is 0 Å². The van der Waals surface area contributed by atoms with Crippen LogP contribution in [0, 0.1) is 5.82 Å². The normalized spacial score (nSPS) is 12.6. The van der Waals surface area contributed by atoms with Gasteiger partial charge >= 0.3 is 0 Å². The lowest BCUT2D eigenvalue weighted by atomic mass is 10.1. The van der Waals surface area contributed by atoms with Crippen LogP contribution < -0.4 is 5.32 Å². The predicted molar refractivity (Wildman–Crippen MR) is 59.6 cm³/mol. The summed E-state index contributed by atoms with van der Waals surface area (Å²) in [6, 6.07) is 1.31. The summed E-state index contributed by atoms with van der Waals surface area (Å²) in [6.45, 7) is 2.75. The van der Waals surface area contributed by atoms with Gasteiger partial charge in [0.1, 0.15) is 5.82 Å². The summed E-state index contributed by atoms with van der Waals surface area (Å²) in [5.41, 5.74) is 1.55. The first-order valence-electron chi connectivity index (χ1n) is 4.92. The lowest BCUT2D eigenvalue weighted by molar-refractivity contribution is 0.588. The van der Waals surface area contributed by atoms with Crippen LogP contribution in [0.1, 0.15) is 24.2 Å². The number of nitrogens with zero attached hydrogens (tertiary/aromatic N) is 3. The second-order valence-corrected chi connectivity index (χ2v) is 3.87. The molecule has 2 rings (SSSR count). The van der Waals surface area contributed by atoms with Gasteiger partial charge in [-0.3, -0.25) is 4.98 Å². The van der Waals surface area contributed by atoms with Gasteiger partial charge in [0.05, 0.1) is 17.9 Å². The van der Waals surface area contributed by atoms with Crippen molar-refractivity contribution in [2.45, 2.75) is 13.0 Å². The van der Waals surface area contributed by atoms with E-state index in [1.54, 1.807) is 6.20 Å². The van der Waals surface area contributed by atoms with Crippen LogP contribution >= 0.6 is 11.5 Å². The predicted octanol–water partition coefficient (Wildman–Crippen LogP) is 1.77. The molecule has 84 valence electrons. The average molecular weight is 238 g/mol. The molecule has 2 aromatic rings. The molecule has 4 nitrogen and oxygen atoms in total. The van der Waals surface area contributed by atoms with Crippen molar-refractivity contribution >= 4 is 11.5 Å². The first-order chi connectivity index (χ1) is 7.81. The molecule has 0 spiro atoms. The van der Waals surface area contributed by atoms with Gasteiger partial charge in [-0.1, -0.05) is 11.4 Å². The highest BCUT2D eigenvalue weighted by Gasteiger charge is 2.16. The maximum atomic E-state index is 13.1. The number of hydrogen-bond donors (Lipinski definition) is 1. The Labute approximate surface area is 96.7 Å². The smallest absolute Gasteiger partial charge is 0.141 e. The summed E-state index contributed by atoms with van der Waals surface area (Å²) in [7, 11) is 0. The molecule has 1 N–H and O–H groups in total. The number of aromatic nitrogens is 3. The second kappa shape index (κ2) is 5.09. The highest BCUT2D eigenvalue weighted by molar-refractivity contribution is 7.03. The quantitative estimate of drug-likeness (QED) is 0.882. The highest BCUT2D eigenvalue weighted by atomic mass is 32.1. The molecule has 0 saturated heterocycles. The Morgan fingerprint density at radius 1 is 1.50 bits per heavy atom. The van der Waals surface area contributed by atoms with E-state index in [0.717, 1.165) is 17.8 Å². The maximum Gasteiger partial charge on any atom is 0.141 e. The van der Waals surface area contributed by atoms with E-state index >= 15 is 0 Å². The monoisotopic (exact) mass is 238 g/mol. The molecule has 1 atom stereocenters. The Morgan fingerprint density at radius 3 is 3.00 bits per heavy atom. The van der Waals surface area contributed by atoms with Gasteiger partial charge in [-0.05, 0) is 29.7 Å². The minimum Gasteiger partial charge on any atom is -0.305 e. The van der Waals surface area contributed by atoms with Crippen molar-refractivity contribution < 1.29 is 4.39 Å². The Bertz CT molecular complexity index is 446. The SMILES string of the molecule is CCNC(c1cncc(F)c1)c1csnn1. The van der Waals surface area contributed by atoms with Crippen molar-refractivity contribution in [3.63, 3.8) is 0 Å². The molecule has 6 heteroatoms. The summed E-state index contributed by atoms with van der Waals surface area (Å²) in [4.78, 5) is 3.84.